The molecule has 0 spiro atoms. The molecule has 6 nitrogen and oxygen atoms in total. The average molecular weight is 357 g/mol. The van der Waals surface area contributed by atoms with Gasteiger partial charge in [0, 0.05) is 25.1 Å². The van der Waals surface area contributed by atoms with Gasteiger partial charge in [0.15, 0.2) is 11.5 Å². The van der Waals surface area contributed by atoms with Crippen molar-refractivity contribution in [3.8, 4) is 11.5 Å². The third-order valence-corrected chi connectivity index (χ3v) is 4.94. The van der Waals surface area contributed by atoms with E-state index in [2.05, 4.69) is 17.3 Å². The standard InChI is InChI=1S/C20H27N3O3/c1-13-14(2)22-23(16(13)4)9-8-20(24)21-15(3)17-6-7-18-19(12-17)26-11-5-10-25-18/h6-7,12,15H,5,8-11H2,1-4H3,(H,21,24). The van der Waals surface area contributed by atoms with Crippen molar-refractivity contribution >= 4 is 5.91 Å². The van der Waals surface area contributed by atoms with Crippen molar-refractivity contribution in [2.45, 2.75) is 53.1 Å². The van der Waals surface area contributed by atoms with Gasteiger partial charge in [0.25, 0.3) is 0 Å². The van der Waals surface area contributed by atoms with Crippen LogP contribution in [0.5, 0.6) is 11.5 Å². The van der Waals surface area contributed by atoms with Crippen LogP contribution >= 0.6 is 0 Å². The van der Waals surface area contributed by atoms with Crippen LogP contribution in [-0.2, 0) is 11.3 Å². The van der Waals surface area contributed by atoms with E-state index in [1.807, 2.05) is 43.7 Å². The average Bonchev–Trinajstić information content (AvgIpc) is 2.81. The van der Waals surface area contributed by atoms with Gasteiger partial charge in [0.2, 0.25) is 5.91 Å². The van der Waals surface area contributed by atoms with Gasteiger partial charge in [0.1, 0.15) is 0 Å². The summed E-state index contributed by atoms with van der Waals surface area (Å²) in [5.74, 6) is 1.53. The van der Waals surface area contributed by atoms with Crippen LogP contribution in [0, 0.1) is 20.8 Å². The Morgan fingerprint density at radius 1 is 1.23 bits per heavy atom. The van der Waals surface area contributed by atoms with Crippen LogP contribution in [0.15, 0.2) is 18.2 Å². The predicted molar refractivity (Wildman–Crippen MR) is 99.7 cm³/mol. The minimum Gasteiger partial charge on any atom is -0.490 e. The molecule has 2 heterocycles. The highest BCUT2D eigenvalue weighted by Gasteiger charge is 2.16. The number of fused-ring (bicyclic) bond motifs is 1. The molecule has 140 valence electrons. The number of nitrogens with one attached hydrogen (secondary N) is 1. The molecule has 0 radical (unpaired) electrons. The number of rotatable bonds is 5. The molecule has 1 aliphatic heterocycles. The third-order valence-electron chi connectivity index (χ3n) is 4.94. The monoisotopic (exact) mass is 357 g/mol. The fourth-order valence-corrected chi connectivity index (χ4v) is 3.06. The summed E-state index contributed by atoms with van der Waals surface area (Å²) in [4.78, 5) is 12.3. The second-order valence-electron chi connectivity index (χ2n) is 6.81. The Labute approximate surface area is 154 Å². The Balaban J connectivity index is 1.58. The summed E-state index contributed by atoms with van der Waals surface area (Å²) in [5.41, 5.74) is 4.32. The molecule has 26 heavy (non-hydrogen) atoms. The lowest BCUT2D eigenvalue weighted by molar-refractivity contribution is -0.122. The fraction of sp³-hybridized carbons (Fsp3) is 0.500. The molecule has 1 atom stereocenters. The predicted octanol–water partition coefficient (Wildman–Crippen LogP) is 3.24. The maximum Gasteiger partial charge on any atom is 0.222 e. The number of hydrogen-bond acceptors (Lipinski definition) is 4. The van der Waals surface area contributed by atoms with E-state index >= 15 is 0 Å². The van der Waals surface area contributed by atoms with Crippen molar-refractivity contribution in [3.05, 3.63) is 40.7 Å². The molecular formula is C20H27N3O3. The molecule has 2 aromatic rings. The van der Waals surface area contributed by atoms with Crippen molar-refractivity contribution in [1.82, 2.24) is 15.1 Å². The quantitative estimate of drug-likeness (QED) is 0.892. The topological polar surface area (TPSA) is 65.4 Å². The molecule has 0 aliphatic carbocycles. The molecule has 1 N–H and O–H groups in total. The van der Waals surface area contributed by atoms with E-state index in [9.17, 15) is 4.79 Å². The highest BCUT2D eigenvalue weighted by Crippen LogP contribution is 2.32. The van der Waals surface area contributed by atoms with Gasteiger partial charge in [-0.15, -0.1) is 0 Å². The van der Waals surface area contributed by atoms with Gasteiger partial charge < -0.3 is 14.8 Å². The molecular weight excluding hydrogens is 330 g/mol. The normalized spacial score (nSPS) is 14.6. The molecule has 0 fully saturated rings. The number of ether oxygens (including phenoxy) is 2. The van der Waals surface area contributed by atoms with Gasteiger partial charge in [-0.25, -0.2) is 0 Å². The Hall–Kier alpha value is -2.50. The number of aromatic nitrogens is 2. The maximum atomic E-state index is 12.3. The number of amides is 1. The van der Waals surface area contributed by atoms with E-state index in [4.69, 9.17) is 9.47 Å². The number of carbonyl (C=O) groups is 1. The minimum absolute atomic E-state index is 0.00909. The van der Waals surface area contributed by atoms with E-state index in [1.54, 1.807) is 0 Å². The van der Waals surface area contributed by atoms with E-state index < -0.39 is 0 Å². The first kappa shape index (κ1) is 18.3. The van der Waals surface area contributed by atoms with Gasteiger partial charge >= 0.3 is 0 Å². The van der Waals surface area contributed by atoms with Crippen LogP contribution in [0.3, 0.4) is 0 Å². The number of benzene rings is 1. The summed E-state index contributed by atoms with van der Waals surface area (Å²) in [6, 6.07) is 5.75. The molecule has 1 amide bonds. The first-order valence-electron chi connectivity index (χ1n) is 9.15. The highest BCUT2D eigenvalue weighted by molar-refractivity contribution is 5.76. The summed E-state index contributed by atoms with van der Waals surface area (Å²) in [7, 11) is 0. The lowest BCUT2D eigenvalue weighted by Crippen LogP contribution is -2.27. The molecule has 0 saturated heterocycles. The summed E-state index contributed by atoms with van der Waals surface area (Å²) >= 11 is 0. The van der Waals surface area contributed by atoms with Crippen molar-refractivity contribution < 1.29 is 14.3 Å². The molecule has 1 unspecified atom stereocenters. The molecule has 0 saturated carbocycles. The molecule has 1 aromatic carbocycles. The number of nitrogens with zero attached hydrogens (tertiary/aromatic N) is 2. The van der Waals surface area contributed by atoms with Gasteiger partial charge in [-0.3, -0.25) is 9.48 Å². The van der Waals surface area contributed by atoms with Gasteiger partial charge in [-0.1, -0.05) is 6.07 Å². The fourth-order valence-electron chi connectivity index (χ4n) is 3.06. The summed E-state index contributed by atoms with van der Waals surface area (Å²) in [5, 5.41) is 7.54. The van der Waals surface area contributed by atoms with Crippen molar-refractivity contribution in [1.29, 1.82) is 0 Å². The smallest absolute Gasteiger partial charge is 0.222 e. The Morgan fingerprint density at radius 3 is 2.65 bits per heavy atom. The van der Waals surface area contributed by atoms with Crippen LogP contribution in [0.25, 0.3) is 0 Å². The van der Waals surface area contributed by atoms with E-state index in [0.717, 1.165) is 34.9 Å². The van der Waals surface area contributed by atoms with Gasteiger partial charge in [0.05, 0.1) is 24.9 Å². The molecule has 1 aliphatic rings. The largest absolute Gasteiger partial charge is 0.490 e. The molecule has 0 bridgehead atoms. The third kappa shape index (κ3) is 4.00. The van der Waals surface area contributed by atoms with E-state index in [0.29, 0.717) is 26.2 Å². The zero-order valence-electron chi connectivity index (χ0n) is 16.0. The van der Waals surface area contributed by atoms with Crippen molar-refractivity contribution in [3.63, 3.8) is 0 Å². The first-order valence-corrected chi connectivity index (χ1v) is 9.15. The van der Waals surface area contributed by atoms with E-state index in [1.165, 1.54) is 5.56 Å². The SMILES string of the molecule is Cc1nn(CCC(=O)NC(C)c2ccc3c(c2)OCCCO3)c(C)c1C. The number of carbonyl (C=O) groups excluding carboxylic acids is 1. The Kier molecular flexibility index (Phi) is 5.49. The second-order valence-corrected chi connectivity index (χ2v) is 6.81. The van der Waals surface area contributed by atoms with Crippen LogP contribution in [0.1, 0.15) is 48.3 Å². The number of hydrogen-bond donors (Lipinski definition) is 1. The van der Waals surface area contributed by atoms with Crippen LogP contribution in [0.2, 0.25) is 0 Å². The maximum absolute atomic E-state index is 12.3. The minimum atomic E-state index is -0.0955. The van der Waals surface area contributed by atoms with Crippen molar-refractivity contribution in [2.75, 3.05) is 13.2 Å². The van der Waals surface area contributed by atoms with Crippen LogP contribution < -0.4 is 14.8 Å². The van der Waals surface area contributed by atoms with Crippen LogP contribution in [-0.4, -0.2) is 28.9 Å². The second kappa shape index (κ2) is 7.81. The number of aryl methyl sites for hydroxylation is 2. The summed E-state index contributed by atoms with van der Waals surface area (Å²) in [6.07, 6.45) is 1.28. The van der Waals surface area contributed by atoms with E-state index in [-0.39, 0.29) is 11.9 Å². The molecule has 1 aromatic heterocycles. The summed E-state index contributed by atoms with van der Waals surface area (Å²) < 4.78 is 13.3. The Morgan fingerprint density at radius 2 is 1.96 bits per heavy atom. The lowest BCUT2D eigenvalue weighted by Gasteiger charge is -2.16. The zero-order valence-corrected chi connectivity index (χ0v) is 16.0. The lowest BCUT2D eigenvalue weighted by atomic mass is 10.1. The van der Waals surface area contributed by atoms with Gasteiger partial charge in [-0.05, 0) is 51.0 Å². The highest BCUT2D eigenvalue weighted by atomic mass is 16.5. The Bertz CT molecular complexity index is 798. The van der Waals surface area contributed by atoms with Gasteiger partial charge in [-0.2, -0.15) is 5.10 Å². The summed E-state index contributed by atoms with van der Waals surface area (Å²) in [6.45, 7) is 9.97. The molecule has 6 heteroatoms. The molecule has 3 rings (SSSR count). The first-order chi connectivity index (χ1) is 12.5. The van der Waals surface area contributed by atoms with Crippen LogP contribution in [0.4, 0.5) is 0 Å². The zero-order chi connectivity index (χ0) is 18.7. The van der Waals surface area contributed by atoms with Crippen molar-refractivity contribution in [2.24, 2.45) is 0 Å².